The number of halogens is 3. The largest absolute Gasteiger partial charge is 0.457 e. The number of imide groups is 1. The Bertz CT molecular complexity index is 1220. The van der Waals surface area contributed by atoms with Gasteiger partial charge in [-0.25, -0.2) is 4.79 Å². The molecule has 0 bridgehead atoms. The smallest absolute Gasteiger partial charge is 0.417 e. The number of fused-ring (bicyclic) bond motifs is 2. The Hall–Kier alpha value is -3.55. The number of carbonyl (C=O) groups excluding carboxylic acids is 2. The molecule has 1 N–H and O–H groups in total. The minimum atomic E-state index is -4.46. The highest BCUT2D eigenvalue weighted by molar-refractivity contribution is 6.00. The third-order valence-electron chi connectivity index (χ3n) is 5.74. The fourth-order valence-electron chi connectivity index (χ4n) is 4.37. The quantitative estimate of drug-likeness (QED) is 0.615. The van der Waals surface area contributed by atoms with Crippen LogP contribution in [0.1, 0.15) is 29.0 Å². The first-order valence-electron chi connectivity index (χ1n) is 9.72. The zero-order chi connectivity index (χ0) is 21.8. The number of amides is 2. The summed E-state index contributed by atoms with van der Waals surface area (Å²) in [5.41, 5.74) is 1.14. The highest BCUT2D eigenvalue weighted by atomic mass is 19.4. The topological polar surface area (TPSA) is 64.6 Å². The van der Waals surface area contributed by atoms with Crippen LogP contribution >= 0.6 is 0 Å². The van der Waals surface area contributed by atoms with E-state index < -0.39 is 29.8 Å². The number of benzene rings is 3. The Kier molecular flexibility index (Phi) is 4.39. The molecule has 1 heterocycles. The highest BCUT2D eigenvalue weighted by Gasteiger charge is 2.42. The number of hydrogen-bond acceptors (Lipinski definition) is 4. The molecule has 158 valence electrons. The lowest BCUT2D eigenvalue weighted by Crippen LogP contribution is -2.28. The van der Waals surface area contributed by atoms with Crippen molar-refractivity contribution in [3.05, 3.63) is 71.3 Å². The molecule has 2 amide bonds. The van der Waals surface area contributed by atoms with Gasteiger partial charge in [0.2, 0.25) is 0 Å². The van der Waals surface area contributed by atoms with Crippen LogP contribution in [0.2, 0.25) is 0 Å². The van der Waals surface area contributed by atoms with Crippen LogP contribution < -0.4 is 10.1 Å². The number of rotatable bonds is 3. The molecule has 0 unspecified atom stereocenters. The van der Waals surface area contributed by atoms with Crippen molar-refractivity contribution >= 4 is 22.8 Å². The average Bonchev–Trinajstić information content (AvgIpc) is 3.29. The number of alkyl carbamates (subject to hydrolysis) is 1. The van der Waals surface area contributed by atoms with Gasteiger partial charge < -0.3 is 9.47 Å². The second-order valence-corrected chi connectivity index (χ2v) is 7.58. The number of nitrogens with one attached hydrogen (secondary N) is 1. The van der Waals surface area contributed by atoms with Crippen molar-refractivity contribution in [1.82, 2.24) is 5.32 Å². The first-order valence-corrected chi connectivity index (χ1v) is 9.72. The number of carbonyl (C=O) groups is 2. The summed E-state index contributed by atoms with van der Waals surface area (Å²) in [5, 5.41) is 2.58. The molecule has 5 rings (SSSR count). The van der Waals surface area contributed by atoms with Gasteiger partial charge in [-0.05, 0) is 53.6 Å². The molecule has 8 heteroatoms. The molecule has 3 aromatic rings. The first-order chi connectivity index (χ1) is 14.8. The monoisotopic (exact) mass is 427 g/mol. The van der Waals surface area contributed by atoms with Gasteiger partial charge in [0.05, 0.1) is 5.56 Å². The molecular weight excluding hydrogens is 411 g/mol. The van der Waals surface area contributed by atoms with Crippen molar-refractivity contribution < 1.29 is 32.2 Å². The summed E-state index contributed by atoms with van der Waals surface area (Å²) in [4.78, 5) is 23.3. The standard InChI is InChI=1S/C23H16F3NO4/c24-23(25,26)18-9-10-19(16-4-2-1-3-15(16)18)30-13-6-8-14-12(11-13)5-7-17(14)20-21(28)27-22(29)31-20/h1-4,6,8-11,17,20H,5,7H2,(H,27,28,29)/t17-,20+/m1/s1. The van der Waals surface area contributed by atoms with Gasteiger partial charge in [0, 0.05) is 11.3 Å². The van der Waals surface area contributed by atoms with E-state index in [4.69, 9.17) is 9.47 Å². The van der Waals surface area contributed by atoms with Crippen LogP contribution in [0.4, 0.5) is 18.0 Å². The number of cyclic esters (lactones) is 1. The zero-order valence-electron chi connectivity index (χ0n) is 16.0. The van der Waals surface area contributed by atoms with Crippen LogP contribution in [0.5, 0.6) is 11.5 Å². The Morgan fingerprint density at radius 3 is 2.48 bits per heavy atom. The molecule has 1 saturated heterocycles. The maximum absolute atomic E-state index is 13.3. The van der Waals surface area contributed by atoms with Crippen LogP contribution in [-0.4, -0.2) is 18.1 Å². The number of alkyl halides is 3. The van der Waals surface area contributed by atoms with E-state index in [0.29, 0.717) is 29.7 Å². The third-order valence-corrected chi connectivity index (χ3v) is 5.74. The van der Waals surface area contributed by atoms with Gasteiger partial charge in [-0.3, -0.25) is 10.1 Å². The lowest BCUT2D eigenvalue weighted by atomic mass is 9.95. The molecule has 31 heavy (non-hydrogen) atoms. The molecule has 1 fully saturated rings. The van der Waals surface area contributed by atoms with Gasteiger partial charge in [0.25, 0.3) is 5.91 Å². The Morgan fingerprint density at radius 1 is 1.00 bits per heavy atom. The Balaban J connectivity index is 1.46. The lowest BCUT2D eigenvalue weighted by molar-refractivity contribution is -0.136. The summed E-state index contributed by atoms with van der Waals surface area (Å²) in [7, 11) is 0. The van der Waals surface area contributed by atoms with Crippen molar-refractivity contribution in [3.63, 3.8) is 0 Å². The van der Waals surface area contributed by atoms with Crippen LogP contribution in [0.3, 0.4) is 0 Å². The average molecular weight is 427 g/mol. The molecule has 0 aromatic heterocycles. The molecule has 2 aliphatic rings. The van der Waals surface area contributed by atoms with E-state index >= 15 is 0 Å². The van der Waals surface area contributed by atoms with Crippen LogP contribution in [0, 0.1) is 0 Å². The second-order valence-electron chi connectivity index (χ2n) is 7.58. The van der Waals surface area contributed by atoms with Crippen molar-refractivity contribution in [1.29, 1.82) is 0 Å². The summed E-state index contributed by atoms with van der Waals surface area (Å²) in [6, 6.07) is 13.9. The third kappa shape index (κ3) is 3.37. The van der Waals surface area contributed by atoms with E-state index in [2.05, 4.69) is 5.32 Å². The highest BCUT2D eigenvalue weighted by Crippen LogP contribution is 2.42. The van der Waals surface area contributed by atoms with Crippen LogP contribution in [-0.2, 0) is 22.1 Å². The van der Waals surface area contributed by atoms with E-state index in [1.54, 1.807) is 24.3 Å². The van der Waals surface area contributed by atoms with Crippen molar-refractivity contribution in [3.8, 4) is 11.5 Å². The van der Waals surface area contributed by atoms with Gasteiger partial charge in [-0.15, -0.1) is 0 Å². The molecular formula is C23H16F3NO4. The van der Waals surface area contributed by atoms with E-state index in [9.17, 15) is 22.8 Å². The molecule has 0 radical (unpaired) electrons. The normalized spacial score (nSPS) is 20.5. The van der Waals surface area contributed by atoms with E-state index in [1.165, 1.54) is 12.1 Å². The summed E-state index contributed by atoms with van der Waals surface area (Å²) in [5.74, 6) is 0.126. The van der Waals surface area contributed by atoms with E-state index in [0.717, 1.165) is 17.2 Å². The lowest BCUT2D eigenvalue weighted by Gasteiger charge is -2.17. The Labute approximate surface area is 174 Å². The fourth-order valence-corrected chi connectivity index (χ4v) is 4.37. The molecule has 0 saturated carbocycles. The summed E-state index contributed by atoms with van der Waals surface area (Å²) >= 11 is 0. The molecule has 2 atom stereocenters. The summed E-state index contributed by atoms with van der Waals surface area (Å²) in [6.45, 7) is 0. The number of aryl methyl sites for hydroxylation is 1. The molecule has 1 aliphatic heterocycles. The zero-order valence-corrected chi connectivity index (χ0v) is 16.0. The molecule has 5 nitrogen and oxygen atoms in total. The van der Waals surface area contributed by atoms with Crippen molar-refractivity contribution in [2.45, 2.75) is 31.0 Å². The SMILES string of the molecule is O=C1NC(=O)[C@H]([C@@H]2CCc3cc(Oc4ccc(C(F)(F)F)c5ccccc45)ccc32)O1. The first kappa shape index (κ1) is 19.4. The van der Waals surface area contributed by atoms with Crippen LogP contribution in [0.15, 0.2) is 54.6 Å². The predicted molar refractivity (Wildman–Crippen MR) is 105 cm³/mol. The minimum Gasteiger partial charge on any atom is -0.457 e. The summed E-state index contributed by atoms with van der Waals surface area (Å²) < 4.78 is 51.1. The molecule has 0 spiro atoms. The van der Waals surface area contributed by atoms with Gasteiger partial charge in [0.15, 0.2) is 6.10 Å². The number of ether oxygens (including phenoxy) is 2. The molecule has 1 aliphatic carbocycles. The summed E-state index contributed by atoms with van der Waals surface area (Å²) in [6.07, 6.45) is -4.73. The van der Waals surface area contributed by atoms with E-state index in [1.807, 2.05) is 12.1 Å². The van der Waals surface area contributed by atoms with Gasteiger partial charge in [0.1, 0.15) is 11.5 Å². The number of hydrogen-bond donors (Lipinski definition) is 1. The predicted octanol–water partition coefficient (Wildman–Crippen LogP) is 5.32. The van der Waals surface area contributed by atoms with E-state index in [-0.39, 0.29) is 11.3 Å². The maximum atomic E-state index is 13.3. The van der Waals surface area contributed by atoms with Crippen molar-refractivity contribution in [2.24, 2.45) is 0 Å². The Morgan fingerprint density at radius 2 is 1.77 bits per heavy atom. The van der Waals surface area contributed by atoms with Gasteiger partial charge >= 0.3 is 12.3 Å². The maximum Gasteiger partial charge on any atom is 0.417 e. The fraction of sp³-hybridized carbons (Fsp3) is 0.217. The van der Waals surface area contributed by atoms with Crippen LogP contribution in [0.25, 0.3) is 10.8 Å². The molecule has 3 aromatic carbocycles. The van der Waals surface area contributed by atoms with Gasteiger partial charge in [-0.2, -0.15) is 13.2 Å². The van der Waals surface area contributed by atoms with Crippen molar-refractivity contribution in [2.75, 3.05) is 0 Å². The minimum absolute atomic E-state index is 0.0720. The second kappa shape index (κ2) is 7.01. The van der Waals surface area contributed by atoms with Gasteiger partial charge in [-0.1, -0.05) is 30.3 Å².